The zero-order valence-electron chi connectivity index (χ0n) is 9.90. The zero-order chi connectivity index (χ0) is 12.7. The van der Waals surface area contributed by atoms with Crippen LogP contribution in [-0.4, -0.2) is 18.8 Å². The maximum atomic E-state index is 10.8. The van der Waals surface area contributed by atoms with Crippen molar-refractivity contribution in [3.63, 3.8) is 0 Å². The maximum Gasteiger partial charge on any atom is 0.221 e. The largest absolute Gasteiger partial charge is 0.490 e. The first kappa shape index (κ1) is 13.0. The van der Waals surface area contributed by atoms with Crippen LogP contribution in [0.25, 0.3) is 0 Å². The van der Waals surface area contributed by atoms with E-state index in [0.29, 0.717) is 17.9 Å². The van der Waals surface area contributed by atoms with E-state index >= 15 is 0 Å². The molecule has 0 fully saturated rings. The molecule has 0 unspecified atom stereocenters. The first-order valence-corrected chi connectivity index (χ1v) is 5.24. The third-order valence-corrected chi connectivity index (χ3v) is 2.02. The summed E-state index contributed by atoms with van der Waals surface area (Å²) < 4.78 is 5.39. The van der Waals surface area contributed by atoms with Gasteiger partial charge in [0.05, 0.1) is 0 Å². The summed E-state index contributed by atoms with van der Waals surface area (Å²) in [7, 11) is 0. The monoisotopic (exact) mass is 233 g/mol. The van der Waals surface area contributed by atoms with Crippen LogP contribution in [0.5, 0.6) is 5.75 Å². The zero-order valence-corrected chi connectivity index (χ0v) is 9.90. The van der Waals surface area contributed by atoms with E-state index in [-0.39, 0.29) is 5.91 Å². The normalized spacial score (nSPS) is 10.8. The van der Waals surface area contributed by atoms with E-state index in [0.717, 1.165) is 12.0 Å². The van der Waals surface area contributed by atoms with Crippen molar-refractivity contribution >= 4 is 17.9 Å². The van der Waals surface area contributed by atoms with Crippen LogP contribution >= 0.6 is 0 Å². The molecule has 0 aliphatic carbocycles. The van der Waals surface area contributed by atoms with E-state index in [4.69, 9.17) is 4.74 Å². The summed E-state index contributed by atoms with van der Waals surface area (Å²) in [6.45, 7) is 3.53. The molecule has 90 valence electrons. The fraction of sp³-hybridized carbons (Fsp3) is 0.231. The lowest BCUT2D eigenvalue weighted by atomic mass is 10.3. The molecule has 0 aliphatic rings. The molecule has 1 aromatic carbocycles. The molecule has 4 heteroatoms. The van der Waals surface area contributed by atoms with Crippen molar-refractivity contribution in [1.82, 2.24) is 0 Å². The Bertz CT molecular complexity index is 421. The van der Waals surface area contributed by atoms with Gasteiger partial charge in [0.15, 0.2) is 0 Å². The lowest BCUT2D eigenvalue weighted by molar-refractivity contribution is -0.114. The second-order valence-corrected chi connectivity index (χ2v) is 3.58. The predicted molar refractivity (Wildman–Crippen MR) is 66.1 cm³/mol. The Morgan fingerprint density at radius 2 is 1.94 bits per heavy atom. The highest BCUT2D eigenvalue weighted by atomic mass is 16.5. The molecule has 1 rings (SSSR count). The molecule has 0 aliphatic heterocycles. The van der Waals surface area contributed by atoms with Crippen LogP contribution in [0.1, 0.15) is 13.8 Å². The number of allylic oxidation sites excluding steroid dienone is 1. The van der Waals surface area contributed by atoms with Crippen molar-refractivity contribution in [3.8, 4) is 5.75 Å². The van der Waals surface area contributed by atoms with Gasteiger partial charge >= 0.3 is 0 Å². The molecule has 1 N–H and O–H groups in total. The number of carbonyl (C=O) groups is 2. The maximum absolute atomic E-state index is 10.8. The molecule has 0 saturated heterocycles. The molecule has 0 aromatic heterocycles. The van der Waals surface area contributed by atoms with E-state index in [2.05, 4.69) is 5.32 Å². The van der Waals surface area contributed by atoms with Gasteiger partial charge in [0.25, 0.3) is 0 Å². The molecule has 0 bridgehead atoms. The van der Waals surface area contributed by atoms with Gasteiger partial charge in [-0.1, -0.05) is 0 Å². The Morgan fingerprint density at radius 3 is 2.47 bits per heavy atom. The summed E-state index contributed by atoms with van der Waals surface area (Å²) in [5.41, 5.74) is 1.37. The van der Waals surface area contributed by atoms with Gasteiger partial charge in [-0.25, -0.2) is 0 Å². The Balaban J connectivity index is 2.51. The van der Waals surface area contributed by atoms with Crippen LogP contribution < -0.4 is 10.1 Å². The lowest BCUT2D eigenvalue weighted by Gasteiger charge is -2.05. The summed E-state index contributed by atoms with van der Waals surface area (Å²) in [5, 5.41) is 2.66. The van der Waals surface area contributed by atoms with Gasteiger partial charge in [0, 0.05) is 12.6 Å². The number of nitrogens with one attached hydrogen (secondary N) is 1. The predicted octanol–water partition coefficient (Wildman–Crippen LogP) is 2.17. The molecule has 0 spiro atoms. The van der Waals surface area contributed by atoms with Gasteiger partial charge in [-0.2, -0.15) is 0 Å². The van der Waals surface area contributed by atoms with Gasteiger partial charge in [-0.3, -0.25) is 9.59 Å². The molecular formula is C13H15NO3. The van der Waals surface area contributed by atoms with E-state index < -0.39 is 0 Å². The minimum absolute atomic E-state index is 0.108. The van der Waals surface area contributed by atoms with Gasteiger partial charge in [-0.05, 0) is 42.8 Å². The van der Waals surface area contributed by atoms with Gasteiger partial charge in [-0.15, -0.1) is 0 Å². The minimum atomic E-state index is -0.108. The summed E-state index contributed by atoms with van der Waals surface area (Å²) >= 11 is 0. The highest BCUT2D eigenvalue weighted by molar-refractivity contribution is 5.88. The summed E-state index contributed by atoms with van der Waals surface area (Å²) in [4.78, 5) is 21.1. The van der Waals surface area contributed by atoms with Crippen LogP contribution in [0.4, 0.5) is 5.69 Å². The first-order valence-electron chi connectivity index (χ1n) is 5.24. The number of benzene rings is 1. The number of hydrogen-bond acceptors (Lipinski definition) is 3. The van der Waals surface area contributed by atoms with Crippen molar-refractivity contribution < 1.29 is 14.3 Å². The van der Waals surface area contributed by atoms with Gasteiger partial charge in [0.2, 0.25) is 5.91 Å². The van der Waals surface area contributed by atoms with E-state index in [9.17, 15) is 9.59 Å². The van der Waals surface area contributed by atoms with Gasteiger partial charge in [0.1, 0.15) is 18.6 Å². The molecule has 0 heterocycles. The molecule has 4 nitrogen and oxygen atoms in total. The van der Waals surface area contributed by atoms with Crippen LogP contribution in [0.2, 0.25) is 0 Å². The Morgan fingerprint density at radius 1 is 1.29 bits per heavy atom. The second kappa shape index (κ2) is 6.48. The fourth-order valence-corrected chi connectivity index (χ4v) is 1.16. The molecule has 0 atom stereocenters. The molecule has 0 saturated carbocycles. The average Bonchev–Trinajstić information content (AvgIpc) is 2.30. The Hall–Kier alpha value is -2.10. The quantitative estimate of drug-likeness (QED) is 0.626. The number of aldehydes is 1. The summed E-state index contributed by atoms with van der Waals surface area (Å²) in [6.07, 6.45) is 2.48. The minimum Gasteiger partial charge on any atom is -0.490 e. The number of hydrogen-bond donors (Lipinski definition) is 1. The van der Waals surface area contributed by atoms with E-state index in [1.165, 1.54) is 6.92 Å². The van der Waals surface area contributed by atoms with Crippen LogP contribution in [0, 0.1) is 0 Å². The highest BCUT2D eigenvalue weighted by Gasteiger charge is 1.96. The third-order valence-electron chi connectivity index (χ3n) is 2.02. The van der Waals surface area contributed by atoms with Crippen LogP contribution in [0.15, 0.2) is 35.9 Å². The Kier molecular flexibility index (Phi) is 4.94. The number of carbonyl (C=O) groups excluding carboxylic acids is 2. The summed E-state index contributed by atoms with van der Waals surface area (Å²) in [5.74, 6) is 0.581. The number of anilines is 1. The van der Waals surface area contributed by atoms with E-state index in [1.54, 1.807) is 37.3 Å². The number of amides is 1. The third kappa shape index (κ3) is 4.97. The topological polar surface area (TPSA) is 55.4 Å². The molecular weight excluding hydrogens is 218 g/mol. The second-order valence-electron chi connectivity index (χ2n) is 3.58. The van der Waals surface area contributed by atoms with E-state index in [1.807, 2.05) is 0 Å². The fourth-order valence-electron chi connectivity index (χ4n) is 1.16. The number of rotatable bonds is 5. The first-order chi connectivity index (χ1) is 8.11. The molecule has 0 radical (unpaired) electrons. The molecule has 17 heavy (non-hydrogen) atoms. The Labute approximate surface area is 100 Å². The van der Waals surface area contributed by atoms with Crippen LogP contribution in [-0.2, 0) is 9.59 Å². The summed E-state index contributed by atoms with van der Waals surface area (Å²) in [6, 6.07) is 7.03. The highest BCUT2D eigenvalue weighted by Crippen LogP contribution is 2.15. The van der Waals surface area contributed by atoms with Crippen LogP contribution in [0.3, 0.4) is 0 Å². The molecule has 1 aromatic rings. The van der Waals surface area contributed by atoms with Crippen molar-refractivity contribution in [2.24, 2.45) is 0 Å². The SMILES string of the molecule is CC(=O)Nc1ccc(OCC=C(C)C=O)cc1. The van der Waals surface area contributed by atoms with Crippen molar-refractivity contribution in [2.75, 3.05) is 11.9 Å². The van der Waals surface area contributed by atoms with Crippen molar-refractivity contribution in [3.05, 3.63) is 35.9 Å². The standard InChI is InChI=1S/C13H15NO3/c1-10(9-15)7-8-17-13-5-3-12(4-6-13)14-11(2)16/h3-7,9H,8H2,1-2H3,(H,14,16). The van der Waals surface area contributed by atoms with Crippen molar-refractivity contribution in [1.29, 1.82) is 0 Å². The average molecular weight is 233 g/mol. The smallest absolute Gasteiger partial charge is 0.221 e. The molecule has 1 amide bonds. The number of ether oxygens (including phenoxy) is 1. The lowest BCUT2D eigenvalue weighted by Crippen LogP contribution is -2.05. The van der Waals surface area contributed by atoms with Gasteiger partial charge < -0.3 is 10.1 Å². The van der Waals surface area contributed by atoms with Crippen molar-refractivity contribution in [2.45, 2.75) is 13.8 Å².